The summed E-state index contributed by atoms with van der Waals surface area (Å²) >= 11 is 0. The molecule has 1 unspecified atom stereocenters. The van der Waals surface area contributed by atoms with E-state index in [9.17, 15) is 25.0 Å². The van der Waals surface area contributed by atoms with Gasteiger partial charge in [-0.2, -0.15) is 0 Å². The number of carbonyl (C=O) groups excluding carboxylic acids is 1. The molecule has 1 saturated heterocycles. The fourth-order valence-electron chi connectivity index (χ4n) is 3.09. The number of nitrogens with zero attached hydrogens (tertiary/aromatic N) is 3. The van der Waals surface area contributed by atoms with Gasteiger partial charge in [0.2, 0.25) is 5.91 Å². The lowest BCUT2D eigenvalue weighted by atomic mass is 9.97. The molecular weight excluding hydrogens is 298 g/mol. The average molecular weight is 317 g/mol. The SMILES string of the molecule is CC1CCN(C(=O)C2C[C@H](O[N+](=O)[O-])[C@H](O[N+](=O)[O-])C2)CC1. The molecule has 10 nitrogen and oxygen atoms in total. The van der Waals surface area contributed by atoms with Gasteiger partial charge in [0.1, 0.15) is 12.2 Å². The van der Waals surface area contributed by atoms with E-state index in [0.29, 0.717) is 19.0 Å². The van der Waals surface area contributed by atoms with Crippen molar-refractivity contribution in [3.05, 3.63) is 20.2 Å². The molecule has 124 valence electrons. The van der Waals surface area contributed by atoms with Crippen LogP contribution in [0.4, 0.5) is 0 Å². The Morgan fingerprint density at radius 1 is 1.05 bits per heavy atom. The minimum atomic E-state index is -1.09. The van der Waals surface area contributed by atoms with Crippen LogP contribution >= 0.6 is 0 Å². The topological polar surface area (TPSA) is 125 Å². The highest BCUT2D eigenvalue weighted by Crippen LogP contribution is 2.33. The maximum Gasteiger partial charge on any atom is 0.294 e. The third-order valence-electron chi connectivity index (χ3n) is 4.34. The van der Waals surface area contributed by atoms with Crippen molar-refractivity contribution in [2.24, 2.45) is 11.8 Å². The molecule has 1 aliphatic heterocycles. The Hall–Kier alpha value is -2.13. The van der Waals surface area contributed by atoms with Crippen LogP contribution in [0, 0.1) is 32.1 Å². The van der Waals surface area contributed by atoms with Gasteiger partial charge in [-0.05, 0) is 31.6 Å². The zero-order chi connectivity index (χ0) is 16.3. The van der Waals surface area contributed by atoms with Crippen LogP contribution in [0.1, 0.15) is 32.6 Å². The average Bonchev–Trinajstić information content (AvgIpc) is 2.80. The van der Waals surface area contributed by atoms with Gasteiger partial charge >= 0.3 is 0 Å². The molecule has 2 fully saturated rings. The summed E-state index contributed by atoms with van der Waals surface area (Å²) in [6, 6.07) is 0. The molecule has 3 atom stereocenters. The number of likely N-dealkylation sites (tertiary alicyclic amines) is 1. The number of rotatable bonds is 5. The summed E-state index contributed by atoms with van der Waals surface area (Å²) in [6.07, 6.45) is -0.213. The van der Waals surface area contributed by atoms with E-state index in [2.05, 4.69) is 16.6 Å². The smallest absolute Gasteiger partial charge is 0.294 e. The standard InChI is InChI=1S/C12H19N3O7/c1-8-2-4-13(5-3-8)12(16)9-6-10(21-14(17)18)11(7-9)22-15(19)20/h8-11H,2-7H2,1H3/t9?,10-,11+. The van der Waals surface area contributed by atoms with E-state index in [1.807, 2.05) is 0 Å². The summed E-state index contributed by atoms with van der Waals surface area (Å²) < 4.78 is 0. The van der Waals surface area contributed by atoms with Crippen molar-refractivity contribution in [2.75, 3.05) is 13.1 Å². The lowest BCUT2D eigenvalue weighted by molar-refractivity contribution is -0.797. The summed E-state index contributed by atoms with van der Waals surface area (Å²) in [7, 11) is 0. The van der Waals surface area contributed by atoms with Crippen molar-refractivity contribution in [3.63, 3.8) is 0 Å². The molecule has 1 heterocycles. The van der Waals surface area contributed by atoms with Gasteiger partial charge in [-0.1, -0.05) is 6.92 Å². The zero-order valence-corrected chi connectivity index (χ0v) is 12.3. The summed E-state index contributed by atoms with van der Waals surface area (Å²) in [6.45, 7) is 3.43. The largest absolute Gasteiger partial charge is 0.342 e. The third kappa shape index (κ3) is 3.95. The van der Waals surface area contributed by atoms with Crippen LogP contribution in [-0.2, 0) is 14.5 Å². The molecule has 0 aromatic heterocycles. The van der Waals surface area contributed by atoms with Crippen LogP contribution in [0.5, 0.6) is 0 Å². The second-order valence-corrected chi connectivity index (χ2v) is 5.91. The normalized spacial score (nSPS) is 29.1. The van der Waals surface area contributed by atoms with Crippen LogP contribution in [-0.4, -0.2) is 46.3 Å². The molecule has 1 saturated carbocycles. The number of piperidine rings is 1. The molecule has 10 heteroatoms. The number of amides is 1. The predicted octanol–water partition coefficient (Wildman–Crippen LogP) is 0.809. The number of hydrogen-bond donors (Lipinski definition) is 0. The van der Waals surface area contributed by atoms with E-state index < -0.39 is 28.3 Å². The summed E-state index contributed by atoms with van der Waals surface area (Å²) in [5, 5.41) is 18.9. The minimum Gasteiger partial charge on any atom is -0.342 e. The van der Waals surface area contributed by atoms with Crippen LogP contribution < -0.4 is 0 Å². The van der Waals surface area contributed by atoms with Crippen molar-refractivity contribution in [2.45, 2.75) is 44.8 Å². The molecule has 0 aromatic carbocycles. The first-order chi connectivity index (χ1) is 10.4. The third-order valence-corrected chi connectivity index (χ3v) is 4.34. The Morgan fingerprint density at radius 2 is 1.50 bits per heavy atom. The van der Waals surface area contributed by atoms with Gasteiger partial charge in [0.15, 0.2) is 0 Å². The van der Waals surface area contributed by atoms with E-state index in [0.717, 1.165) is 12.8 Å². The van der Waals surface area contributed by atoms with Crippen molar-refractivity contribution in [1.82, 2.24) is 4.90 Å². The molecule has 0 N–H and O–H groups in total. The highest BCUT2D eigenvalue weighted by molar-refractivity contribution is 5.79. The lowest BCUT2D eigenvalue weighted by Gasteiger charge is -2.32. The molecule has 0 aromatic rings. The maximum absolute atomic E-state index is 12.4. The summed E-state index contributed by atoms with van der Waals surface area (Å²) in [5.74, 6) is -0.0923. The second kappa shape index (κ2) is 6.75. The summed E-state index contributed by atoms with van der Waals surface area (Å²) in [4.78, 5) is 44.0. The molecule has 0 spiro atoms. The maximum atomic E-state index is 12.4. The summed E-state index contributed by atoms with van der Waals surface area (Å²) in [5.41, 5.74) is 0. The molecular formula is C12H19N3O7. The number of hydrogen-bond acceptors (Lipinski definition) is 7. The molecule has 0 radical (unpaired) electrons. The van der Waals surface area contributed by atoms with E-state index in [4.69, 9.17) is 0 Å². The Bertz CT molecular complexity index is 426. The van der Waals surface area contributed by atoms with Gasteiger partial charge in [0, 0.05) is 19.0 Å². The van der Waals surface area contributed by atoms with E-state index in [1.165, 1.54) is 0 Å². The van der Waals surface area contributed by atoms with Gasteiger partial charge in [-0.15, -0.1) is 20.2 Å². The lowest BCUT2D eigenvalue weighted by Crippen LogP contribution is -2.41. The van der Waals surface area contributed by atoms with Crippen LogP contribution in [0.15, 0.2) is 0 Å². The molecule has 1 amide bonds. The zero-order valence-electron chi connectivity index (χ0n) is 12.3. The first-order valence-electron chi connectivity index (χ1n) is 7.28. The van der Waals surface area contributed by atoms with Crippen molar-refractivity contribution < 1.29 is 24.6 Å². The predicted molar refractivity (Wildman–Crippen MR) is 71.4 cm³/mol. The van der Waals surface area contributed by atoms with E-state index in [1.54, 1.807) is 4.90 Å². The van der Waals surface area contributed by atoms with Gasteiger partial charge < -0.3 is 14.6 Å². The second-order valence-electron chi connectivity index (χ2n) is 5.91. The monoisotopic (exact) mass is 317 g/mol. The molecule has 0 bridgehead atoms. The number of carbonyl (C=O) groups is 1. The highest BCUT2D eigenvalue weighted by atomic mass is 17.0. The van der Waals surface area contributed by atoms with Crippen LogP contribution in [0.3, 0.4) is 0 Å². The van der Waals surface area contributed by atoms with Crippen molar-refractivity contribution in [1.29, 1.82) is 0 Å². The molecule has 2 rings (SSSR count). The Labute approximate surface area is 126 Å². The first kappa shape index (κ1) is 16.2. The molecule has 22 heavy (non-hydrogen) atoms. The Balaban J connectivity index is 1.98. The van der Waals surface area contributed by atoms with Gasteiger partial charge in [-0.3, -0.25) is 4.79 Å². The molecule has 2 aliphatic rings. The van der Waals surface area contributed by atoms with Crippen LogP contribution in [0.2, 0.25) is 0 Å². The van der Waals surface area contributed by atoms with Gasteiger partial charge in [0.05, 0.1) is 0 Å². The minimum absolute atomic E-state index is 0.0599. The van der Waals surface area contributed by atoms with E-state index >= 15 is 0 Å². The fraction of sp³-hybridized carbons (Fsp3) is 0.917. The Kier molecular flexibility index (Phi) is 4.99. The van der Waals surface area contributed by atoms with Crippen molar-refractivity contribution in [3.8, 4) is 0 Å². The quantitative estimate of drug-likeness (QED) is 0.542. The van der Waals surface area contributed by atoms with Crippen LogP contribution in [0.25, 0.3) is 0 Å². The van der Waals surface area contributed by atoms with Gasteiger partial charge in [0.25, 0.3) is 10.2 Å². The molecule has 1 aliphatic carbocycles. The fourth-order valence-corrected chi connectivity index (χ4v) is 3.09. The van der Waals surface area contributed by atoms with Crippen molar-refractivity contribution >= 4 is 5.91 Å². The van der Waals surface area contributed by atoms with E-state index in [-0.39, 0.29) is 18.7 Å². The van der Waals surface area contributed by atoms with Gasteiger partial charge in [-0.25, -0.2) is 0 Å². The first-order valence-corrected chi connectivity index (χ1v) is 7.28. The Morgan fingerprint density at radius 3 is 1.91 bits per heavy atom. The highest BCUT2D eigenvalue weighted by Gasteiger charge is 2.43.